The van der Waals surface area contributed by atoms with E-state index < -0.39 is 5.79 Å². The molecule has 1 rings (SSSR count). The molecule has 0 atom stereocenters. The van der Waals surface area contributed by atoms with Gasteiger partial charge < -0.3 is 14.2 Å². The van der Waals surface area contributed by atoms with Gasteiger partial charge in [-0.25, -0.2) is 0 Å². The van der Waals surface area contributed by atoms with E-state index in [-0.39, 0.29) is 12.4 Å². The van der Waals surface area contributed by atoms with Crippen molar-refractivity contribution < 1.29 is 19.0 Å². The minimum Gasteiger partial charge on any atom is -0.469 e. The SMILES string of the molecule is CCC1(CC(=O)OC)OC=CO1. The van der Waals surface area contributed by atoms with E-state index in [0.29, 0.717) is 6.42 Å². The zero-order valence-corrected chi connectivity index (χ0v) is 7.20. The molecule has 0 radical (unpaired) electrons. The summed E-state index contributed by atoms with van der Waals surface area (Å²) in [6, 6.07) is 0. The molecule has 1 aliphatic rings. The molecule has 0 aromatic carbocycles. The van der Waals surface area contributed by atoms with Crippen LogP contribution in [0.4, 0.5) is 0 Å². The Hall–Kier alpha value is -1.19. The second-order valence-electron chi connectivity index (χ2n) is 2.53. The molecular weight excluding hydrogens is 160 g/mol. The van der Waals surface area contributed by atoms with E-state index in [1.807, 2.05) is 6.92 Å². The smallest absolute Gasteiger partial charge is 0.313 e. The Bertz CT molecular complexity index is 189. The molecule has 12 heavy (non-hydrogen) atoms. The van der Waals surface area contributed by atoms with Crippen molar-refractivity contribution in [2.75, 3.05) is 7.11 Å². The molecule has 68 valence electrons. The topological polar surface area (TPSA) is 44.8 Å². The van der Waals surface area contributed by atoms with Crippen molar-refractivity contribution in [2.45, 2.75) is 25.6 Å². The third-order valence-electron chi connectivity index (χ3n) is 1.80. The molecule has 0 fully saturated rings. The van der Waals surface area contributed by atoms with Gasteiger partial charge in [-0.3, -0.25) is 4.79 Å². The van der Waals surface area contributed by atoms with Crippen molar-refractivity contribution in [2.24, 2.45) is 0 Å². The average molecular weight is 172 g/mol. The van der Waals surface area contributed by atoms with Crippen LogP contribution in [0.25, 0.3) is 0 Å². The minimum atomic E-state index is -0.826. The van der Waals surface area contributed by atoms with Gasteiger partial charge in [0.2, 0.25) is 0 Å². The summed E-state index contributed by atoms with van der Waals surface area (Å²) in [5.41, 5.74) is 0. The summed E-state index contributed by atoms with van der Waals surface area (Å²) in [4.78, 5) is 10.9. The van der Waals surface area contributed by atoms with Crippen LogP contribution < -0.4 is 0 Å². The van der Waals surface area contributed by atoms with Gasteiger partial charge in [0.25, 0.3) is 5.79 Å². The summed E-state index contributed by atoms with van der Waals surface area (Å²) in [5.74, 6) is -1.16. The highest BCUT2D eigenvalue weighted by Gasteiger charge is 2.36. The Kier molecular flexibility index (Phi) is 2.58. The van der Waals surface area contributed by atoms with Crippen molar-refractivity contribution in [3.8, 4) is 0 Å². The molecule has 1 aliphatic heterocycles. The molecule has 0 saturated carbocycles. The summed E-state index contributed by atoms with van der Waals surface area (Å²) in [5, 5.41) is 0. The summed E-state index contributed by atoms with van der Waals surface area (Å²) >= 11 is 0. The lowest BCUT2D eigenvalue weighted by atomic mass is 10.1. The second-order valence-corrected chi connectivity index (χ2v) is 2.53. The summed E-state index contributed by atoms with van der Waals surface area (Å²) < 4.78 is 14.8. The molecule has 0 spiro atoms. The van der Waals surface area contributed by atoms with Gasteiger partial charge in [-0.15, -0.1) is 0 Å². The van der Waals surface area contributed by atoms with E-state index in [1.165, 1.54) is 19.6 Å². The molecule has 0 amide bonds. The van der Waals surface area contributed by atoms with Gasteiger partial charge in [0.15, 0.2) is 0 Å². The fourth-order valence-electron chi connectivity index (χ4n) is 0.998. The van der Waals surface area contributed by atoms with Gasteiger partial charge in [-0.1, -0.05) is 6.92 Å². The van der Waals surface area contributed by atoms with Gasteiger partial charge in [0.05, 0.1) is 7.11 Å². The van der Waals surface area contributed by atoms with Crippen LogP contribution in [0.2, 0.25) is 0 Å². The van der Waals surface area contributed by atoms with E-state index in [4.69, 9.17) is 9.47 Å². The van der Waals surface area contributed by atoms with Gasteiger partial charge in [-0.2, -0.15) is 0 Å². The van der Waals surface area contributed by atoms with Crippen molar-refractivity contribution in [1.82, 2.24) is 0 Å². The van der Waals surface area contributed by atoms with Crippen LogP contribution in [0.15, 0.2) is 12.5 Å². The number of esters is 1. The number of methoxy groups -OCH3 is 1. The van der Waals surface area contributed by atoms with Crippen molar-refractivity contribution in [3.05, 3.63) is 12.5 Å². The van der Waals surface area contributed by atoms with Gasteiger partial charge in [0.1, 0.15) is 18.9 Å². The third kappa shape index (κ3) is 1.69. The molecule has 0 aliphatic carbocycles. The second kappa shape index (κ2) is 3.47. The normalized spacial score (nSPS) is 18.2. The first-order chi connectivity index (χ1) is 5.72. The van der Waals surface area contributed by atoms with E-state index in [9.17, 15) is 4.79 Å². The number of carbonyl (C=O) groups is 1. The number of hydrogen-bond acceptors (Lipinski definition) is 4. The monoisotopic (exact) mass is 172 g/mol. The molecule has 0 bridgehead atoms. The van der Waals surface area contributed by atoms with Gasteiger partial charge in [0, 0.05) is 6.42 Å². The molecule has 4 nitrogen and oxygen atoms in total. The molecule has 1 heterocycles. The molecular formula is C8H12O4. The predicted octanol–water partition coefficient (Wildman–Crippen LogP) is 1.17. The zero-order valence-electron chi connectivity index (χ0n) is 7.20. The Balaban J connectivity index is 2.51. The quantitative estimate of drug-likeness (QED) is 0.599. The van der Waals surface area contributed by atoms with Crippen LogP contribution >= 0.6 is 0 Å². The van der Waals surface area contributed by atoms with E-state index >= 15 is 0 Å². The van der Waals surface area contributed by atoms with Crippen LogP contribution in [0.3, 0.4) is 0 Å². The van der Waals surface area contributed by atoms with E-state index in [1.54, 1.807) is 0 Å². The molecule has 0 saturated heterocycles. The highest BCUT2D eigenvalue weighted by molar-refractivity contribution is 5.70. The highest BCUT2D eigenvalue weighted by atomic mass is 16.7. The number of hydrogen-bond donors (Lipinski definition) is 0. The maximum absolute atomic E-state index is 10.9. The fraction of sp³-hybridized carbons (Fsp3) is 0.625. The molecule has 0 N–H and O–H groups in total. The number of carbonyl (C=O) groups excluding carboxylic acids is 1. The summed E-state index contributed by atoms with van der Waals surface area (Å²) in [6.45, 7) is 1.88. The molecule has 0 unspecified atom stereocenters. The van der Waals surface area contributed by atoms with Crippen molar-refractivity contribution in [1.29, 1.82) is 0 Å². The maximum atomic E-state index is 10.9. The largest absolute Gasteiger partial charge is 0.469 e. The first-order valence-electron chi connectivity index (χ1n) is 3.80. The first-order valence-corrected chi connectivity index (χ1v) is 3.80. The first kappa shape index (κ1) is 8.90. The summed E-state index contributed by atoms with van der Waals surface area (Å²) in [7, 11) is 1.34. The fourth-order valence-corrected chi connectivity index (χ4v) is 0.998. The van der Waals surface area contributed by atoms with Crippen LogP contribution in [-0.4, -0.2) is 18.9 Å². The van der Waals surface area contributed by atoms with E-state index in [2.05, 4.69) is 4.74 Å². The van der Waals surface area contributed by atoms with Gasteiger partial charge >= 0.3 is 5.97 Å². The Morgan fingerprint density at radius 3 is 2.50 bits per heavy atom. The standard InChI is InChI=1S/C8H12O4/c1-3-8(6-7(9)10-2)11-4-5-12-8/h4-5H,3,6H2,1-2H3. The van der Waals surface area contributed by atoms with Crippen molar-refractivity contribution >= 4 is 5.97 Å². The third-order valence-corrected chi connectivity index (χ3v) is 1.80. The van der Waals surface area contributed by atoms with Crippen LogP contribution in [0.5, 0.6) is 0 Å². The highest BCUT2D eigenvalue weighted by Crippen LogP contribution is 2.27. The molecule has 0 aromatic heterocycles. The molecule has 4 heteroatoms. The maximum Gasteiger partial charge on any atom is 0.313 e. The van der Waals surface area contributed by atoms with Crippen LogP contribution in [0, 0.1) is 0 Å². The van der Waals surface area contributed by atoms with Gasteiger partial charge in [-0.05, 0) is 0 Å². The Labute approximate surface area is 71.1 Å². The Morgan fingerprint density at radius 2 is 2.08 bits per heavy atom. The lowest BCUT2D eigenvalue weighted by molar-refractivity contribution is -0.173. The lowest BCUT2D eigenvalue weighted by Gasteiger charge is -2.24. The predicted molar refractivity (Wildman–Crippen MR) is 41.0 cm³/mol. The van der Waals surface area contributed by atoms with Crippen molar-refractivity contribution in [3.63, 3.8) is 0 Å². The molecule has 0 aromatic rings. The van der Waals surface area contributed by atoms with Crippen LogP contribution in [0.1, 0.15) is 19.8 Å². The lowest BCUT2D eigenvalue weighted by Crippen LogP contribution is -2.32. The van der Waals surface area contributed by atoms with Crippen LogP contribution in [-0.2, 0) is 19.0 Å². The average Bonchev–Trinajstić information content (AvgIpc) is 2.54. The number of ether oxygens (including phenoxy) is 3. The van der Waals surface area contributed by atoms with E-state index in [0.717, 1.165) is 0 Å². The Morgan fingerprint density at radius 1 is 1.50 bits per heavy atom. The summed E-state index contributed by atoms with van der Waals surface area (Å²) in [6.07, 6.45) is 3.60. The minimum absolute atomic E-state index is 0.118. The zero-order chi connectivity index (χ0) is 9.03. The number of rotatable bonds is 3.